The zero-order chi connectivity index (χ0) is 24.6. The molecule has 3 aromatic rings. The summed E-state index contributed by atoms with van der Waals surface area (Å²) in [6, 6.07) is 6.85. The number of benzene rings is 1. The van der Waals surface area contributed by atoms with Gasteiger partial charge < -0.3 is 15.3 Å². The second kappa shape index (κ2) is 10.9. The molecule has 1 aliphatic rings. The number of fused-ring (bicyclic) bond motifs is 1. The lowest BCUT2D eigenvalue weighted by Crippen LogP contribution is -2.31. The van der Waals surface area contributed by atoms with E-state index in [0.717, 1.165) is 32.2 Å². The molecule has 0 saturated heterocycles. The van der Waals surface area contributed by atoms with E-state index in [1.807, 2.05) is 0 Å². The number of phenolic OH excluding ortho intramolecular Hbond substituents is 1. The van der Waals surface area contributed by atoms with Gasteiger partial charge in [-0.2, -0.15) is 0 Å². The van der Waals surface area contributed by atoms with Crippen molar-refractivity contribution in [2.45, 2.75) is 44.0 Å². The standard InChI is InChI=1S/C24H28Cl2N4O3S.CH4/c1-30(2)13-14-4-6-16(7-5-14)28-23-21(34(3,32)33)12-27-20-9-8-19(29-22(20)23)15-10-17(25)24(31)18(26)11-15;/h8-12,14,16,31H,4-7,13H2,1-3H3,(H,27,28);1H4. The van der Waals surface area contributed by atoms with Crippen LogP contribution in [-0.4, -0.2) is 61.3 Å². The van der Waals surface area contributed by atoms with Gasteiger partial charge in [0.2, 0.25) is 0 Å². The Hall–Kier alpha value is -2.13. The van der Waals surface area contributed by atoms with Gasteiger partial charge in [0.05, 0.1) is 26.9 Å². The first-order valence-electron chi connectivity index (χ1n) is 11.1. The van der Waals surface area contributed by atoms with Gasteiger partial charge in [0.25, 0.3) is 0 Å². The molecule has 0 spiro atoms. The molecule has 4 rings (SSSR count). The van der Waals surface area contributed by atoms with E-state index < -0.39 is 9.84 Å². The summed E-state index contributed by atoms with van der Waals surface area (Å²) in [7, 11) is 0.628. The van der Waals surface area contributed by atoms with E-state index in [4.69, 9.17) is 28.2 Å². The van der Waals surface area contributed by atoms with Crippen LogP contribution in [0.5, 0.6) is 5.75 Å². The van der Waals surface area contributed by atoms with Crippen molar-refractivity contribution in [1.82, 2.24) is 14.9 Å². The van der Waals surface area contributed by atoms with Gasteiger partial charge in [0, 0.05) is 30.6 Å². The zero-order valence-electron chi connectivity index (χ0n) is 19.3. The van der Waals surface area contributed by atoms with E-state index in [0.29, 0.717) is 33.9 Å². The molecular weight excluding hydrogens is 507 g/mol. The Kier molecular flexibility index (Phi) is 8.52. The minimum Gasteiger partial charge on any atom is -0.505 e. The third-order valence-corrected chi connectivity index (χ3v) is 7.89. The molecule has 0 bridgehead atoms. The van der Waals surface area contributed by atoms with E-state index in [2.05, 4.69) is 29.3 Å². The first-order chi connectivity index (χ1) is 16.0. The number of nitrogens with one attached hydrogen (secondary N) is 1. The average Bonchev–Trinajstić information content (AvgIpc) is 2.77. The van der Waals surface area contributed by atoms with Crippen molar-refractivity contribution >= 4 is 49.8 Å². The molecular formula is C25H32Cl2N4O3S. The maximum Gasteiger partial charge on any atom is 0.179 e. The maximum atomic E-state index is 12.6. The first kappa shape index (κ1) is 27.5. The molecule has 0 aliphatic heterocycles. The molecule has 10 heteroatoms. The molecule has 0 atom stereocenters. The highest BCUT2D eigenvalue weighted by molar-refractivity contribution is 7.90. The van der Waals surface area contributed by atoms with Crippen LogP contribution in [0.15, 0.2) is 35.4 Å². The predicted molar refractivity (Wildman–Crippen MR) is 144 cm³/mol. The number of aromatic nitrogens is 2. The lowest BCUT2D eigenvalue weighted by Gasteiger charge is -2.31. The molecule has 2 aromatic heterocycles. The number of aromatic hydroxyl groups is 1. The summed E-state index contributed by atoms with van der Waals surface area (Å²) in [5.41, 5.74) is 2.67. The summed E-state index contributed by atoms with van der Waals surface area (Å²) < 4.78 is 25.2. The third kappa shape index (κ3) is 6.17. The Morgan fingerprint density at radius 2 is 1.74 bits per heavy atom. The number of anilines is 1. The number of hydrogen-bond acceptors (Lipinski definition) is 7. The molecule has 2 heterocycles. The number of sulfone groups is 1. The molecule has 0 amide bonds. The van der Waals surface area contributed by atoms with E-state index >= 15 is 0 Å². The van der Waals surface area contributed by atoms with Gasteiger partial charge in [-0.3, -0.25) is 4.98 Å². The average molecular weight is 540 g/mol. The summed E-state index contributed by atoms with van der Waals surface area (Å²) >= 11 is 12.2. The van der Waals surface area contributed by atoms with Crippen LogP contribution in [0.2, 0.25) is 10.0 Å². The van der Waals surface area contributed by atoms with Crippen LogP contribution in [0.1, 0.15) is 33.1 Å². The van der Waals surface area contributed by atoms with Crippen LogP contribution in [0.25, 0.3) is 22.3 Å². The van der Waals surface area contributed by atoms with Gasteiger partial charge in [-0.1, -0.05) is 30.6 Å². The second-order valence-electron chi connectivity index (χ2n) is 9.25. The summed E-state index contributed by atoms with van der Waals surface area (Å²) in [5.74, 6) is 0.450. The van der Waals surface area contributed by atoms with Crippen molar-refractivity contribution in [2.75, 3.05) is 32.2 Å². The lowest BCUT2D eigenvalue weighted by atomic mass is 9.85. The molecule has 1 aliphatic carbocycles. The fourth-order valence-corrected chi connectivity index (χ4v) is 5.81. The Balaban J connectivity index is 0.00000342. The number of halogens is 2. The van der Waals surface area contributed by atoms with Crippen LogP contribution < -0.4 is 5.32 Å². The highest BCUT2D eigenvalue weighted by atomic mass is 35.5. The molecule has 2 N–H and O–H groups in total. The van der Waals surface area contributed by atoms with Crippen molar-refractivity contribution in [3.63, 3.8) is 0 Å². The van der Waals surface area contributed by atoms with E-state index in [-0.39, 0.29) is 34.2 Å². The normalized spacial score (nSPS) is 18.5. The number of rotatable bonds is 6. The second-order valence-corrected chi connectivity index (χ2v) is 12.0. The third-order valence-electron chi connectivity index (χ3n) is 6.21. The van der Waals surface area contributed by atoms with Crippen molar-refractivity contribution < 1.29 is 13.5 Å². The summed E-state index contributed by atoms with van der Waals surface area (Å²) in [5, 5.41) is 13.6. The van der Waals surface area contributed by atoms with Crippen molar-refractivity contribution in [3.05, 3.63) is 40.5 Å². The summed E-state index contributed by atoms with van der Waals surface area (Å²) in [6.45, 7) is 1.06. The van der Waals surface area contributed by atoms with Gasteiger partial charge in [-0.05, 0) is 70.0 Å². The van der Waals surface area contributed by atoms with Gasteiger partial charge in [0.15, 0.2) is 15.6 Å². The maximum absolute atomic E-state index is 12.6. The van der Waals surface area contributed by atoms with Crippen molar-refractivity contribution in [2.24, 2.45) is 5.92 Å². The SMILES string of the molecule is C.CN(C)CC1CCC(Nc2c(S(C)(=O)=O)cnc3ccc(-c4cc(Cl)c(O)c(Cl)c4)nc23)CC1. The summed E-state index contributed by atoms with van der Waals surface area (Å²) in [4.78, 5) is 11.4. The lowest BCUT2D eigenvalue weighted by molar-refractivity contribution is 0.255. The molecule has 1 fully saturated rings. The van der Waals surface area contributed by atoms with Gasteiger partial charge in [-0.25, -0.2) is 13.4 Å². The predicted octanol–water partition coefficient (Wildman–Crippen LogP) is 5.88. The molecule has 1 saturated carbocycles. The number of pyridine rings is 2. The van der Waals surface area contributed by atoms with Crippen molar-refractivity contribution in [1.29, 1.82) is 0 Å². The molecule has 0 radical (unpaired) electrons. The Morgan fingerprint density at radius 3 is 2.31 bits per heavy atom. The highest BCUT2D eigenvalue weighted by Crippen LogP contribution is 2.38. The first-order valence-corrected chi connectivity index (χ1v) is 13.8. The number of phenols is 1. The summed E-state index contributed by atoms with van der Waals surface area (Å²) in [6.07, 6.45) is 6.64. The molecule has 1 aromatic carbocycles. The van der Waals surface area contributed by atoms with E-state index in [1.165, 1.54) is 12.5 Å². The van der Waals surface area contributed by atoms with Crippen LogP contribution in [0.3, 0.4) is 0 Å². The number of nitrogens with zero attached hydrogens (tertiary/aromatic N) is 3. The Bertz CT molecular complexity index is 1300. The smallest absolute Gasteiger partial charge is 0.179 e. The van der Waals surface area contributed by atoms with Crippen molar-refractivity contribution in [3.8, 4) is 17.0 Å². The highest BCUT2D eigenvalue weighted by Gasteiger charge is 2.25. The minimum atomic E-state index is -3.55. The Morgan fingerprint density at radius 1 is 1.11 bits per heavy atom. The molecule has 7 nitrogen and oxygen atoms in total. The van der Waals surface area contributed by atoms with Crippen LogP contribution in [0.4, 0.5) is 5.69 Å². The fraction of sp³-hybridized carbons (Fsp3) is 0.440. The van der Waals surface area contributed by atoms with Gasteiger partial charge in [-0.15, -0.1) is 0 Å². The van der Waals surface area contributed by atoms with E-state index in [9.17, 15) is 13.5 Å². The topological polar surface area (TPSA) is 95.4 Å². The molecule has 35 heavy (non-hydrogen) atoms. The van der Waals surface area contributed by atoms with Crippen LogP contribution >= 0.6 is 23.2 Å². The minimum absolute atomic E-state index is 0. The number of hydrogen-bond donors (Lipinski definition) is 2. The molecule has 190 valence electrons. The van der Waals surface area contributed by atoms with Crippen LogP contribution in [-0.2, 0) is 9.84 Å². The molecule has 0 unspecified atom stereocenters. The van der Waals surface area contributed by atoms with Crippen LogP contribution in [0, 0.1) is 5.92 Å². The van der Waals surface area contributed by atoms with Gasteiger partial charge >= 0.3 is 0 Å². The Labute approximate surface area is 217 Å². The van der Waals surface area contributed by atoms with E-state index in [1.54, 1.807) is 24.3 Å². The largest absolute Gasteiger partial charge is 0.505 e. The van der Waals surface area contributed by atoms with Gasteiger partial charge in [0.1, 0.15) is 10.4 Å². The zero-order valence-corrected chi connectivity index (χ0v) is 21.7. The fourth-order valence-electron chi connectivity index (χ4n) is 4.55. The monoisotopic (exact) mass is 538 g/mol. The quantitative estimate of drug-likeness (QED) is 0.404.